The van der Waals surface area contributed by atoms with E-state index in [1.54, 1.807) is 5.56 Å². The van der Waals surface area contributed by atoms with Crippen molar-refractivity contribution >= 4 is 0 Å². The van der Waals surface area contributed by atoms with Gasteiger partial charge in [0.15, 0.2) is 0 Å². The first kappa shape index (κ1) is 8.42. The molecule has 0 amide bonds. The molecule has 1 aliphatic heterocycles. The molecule has 1 fully saturated rings. The standard InChI is InChI=1S/C12H16N2/c1-3-9-7-13-8-11(10(9)4-1)12-5-2-6-14-12/h7-8,12,14H,1-6H2. The van der Waals surface area contributed by atoms with Crippen molar-refractivity contribution < 1.29 is 0 Å². The molecule has 74 valence electrons. The summed E-state index contributed by atoms with van der Waals surface area (Å²) in [7, 11) is 0. The molecule has 2 heterocycles. The SMILES string of the molecule is c1ncc(C2CCCN2)c2c1CCC2. The van der Waals surface area contributed by atoms with Crippen LogP contribution in [0, 0.1) is 0 Å². The predicted octanol–water partition coefficient (Wildman–Crippen LogP) is 1.99. The van der Waals surface area contributed by atoms with Crippen LogP contribution >= 0.6 is 0 Å². The zero-order chi connectivity index (χ0) is 9.38. The number of fused-ring (bicyclic) bond motifs is 1. The molecule has 1 aromatic heterocycles. The molecule has 2 aliphatic rings. The van der Waals surface area contributed by atoms with Gasteiger partial charge in [-0.15, -0.1) is 0 Å². The van der Waals surface area contributed by atoms with Crippen LogP contribution in [0.2, 0.25) is 0 Å². The highest BCUT2D eigenvalue weighted by Crippen LogP contribution is 2.31. The lowest BCUT2D eigenvalue weighted by Gasteiger charge is -2.14. The van der Waals surface area contributed by atoms with Crippen LogP contribution in [0.3, 0.4) is 0 Å². The second-order valence-electron chi connectivity index (χ2n) is 4.37. The third-order valence-electron chi connectivity index (χ3n) is 3.49. The van der Waals surface area contributed by atoms with Gasteiger partial charge in [0.25, 0.3) is 0 Å². The number of aryl methyl sites for hydroxylation is 1. The van der Waals surface area contributed by atoms with Gasteiger partial charge in [-0.2, -0.15) is 0 Å². The lowest BCUT2D eigenvalue weighted by Crippen LogP contribution is -2.15. The highest BCUT2D eigenvalue weighted by Gasteiger charge is 2.23. The number of aromatic nitrogens is 1. The molecule has 1 unspecified atom stereocenters. The molecule has 1 N–H and O–H groups in total. The molecule has 0 radical (unpaired) electrons. The van der Waals surface area contributed by atoms with Gasteiger partial charge in [-0.3, -0.25) is 4.98 Å². The third kappa shape index (κ3) is 1.25. The van der Waals surface area contributed by atoms with E-state index < -0.39 is 0 Å². The van der Waals surface area contributed by atoms with Gasteiger partial charge in [0.1, 0.15) is 0 Å². The van der Waals surface area contributed by atoms with Crippen molar-refractivity contribution in [2.75, 3.05) is 6.54 Å². The van der Waals surface area contributed by atoms with Gasteiger partial charge in [-0.25, -0.2) is 0 Å². The quantitative estimate of drug-likeness (QED) is 0.729. The topological polar surface area (TPSA) is 24.9 Å². The van der Waals surface area contributed by atoms with E-state index in [0.717, 1.165) is 0 Å². The van der Waals surface area contributed by atoms with Crippen molar-refractivity contribution in [2.24, 2.45) is 0 Å². The van der Waals surface area contributed by atoms with E-state index in [2.05, 4.69) is 22.7 Å². The van der Waals surface area contributed by atoms with Crippen molar-refractivity contribution in [2.45, 2.75) is 38.1 Å². The summed E-state index contributed by atoms with van der Waals surface area (Å²) in [6.07, 6.45) is 10.6. The van der Waals surface area contributed by atoms with E-state index >= 15 is 0 Å². The van der Waals surface area contributed by atoms with E-state index in [1.165, 1.54) is 49.8 Å². The summed E-state index contributed by atoms with van der Waals surface area (Å²) in [5.74, 6) is 0. The van der Waals surface area contributed by atoms with Gasteiger partial charge in [0.05, 0.1) is 0 Å². The Morgan fingerprint density at radius 1 is 1.21 bits per heavy atom. The molecule has 0 aromatic carbocycles. The third-order valence-corrected chi connectivity index (χ3v) is 3.49. The Morgan fingerprint density at radius 3 is 3.07 bits per heavy atom. The summed E-state index contributed by atoms with van der Waals surface area (Å²) in [5.41, 5.74) is 4.58. The summed E-state index contributed by atoms with van der Waals surface area (Å²) in [4.78, 5) is 4.36. The summed E-state index contributed by atoms with van der Waals surface area (Å²) in [6.45, 7) is 1.17. The number of rotatable bonds is 1. The Hall–Kier alpha value is -0.890. The van der Waals surface area contributed by atoms with Crippen molar-refractivity contribution in [1.29, 1.82) is 0 Å². The molecule has 0 saturated carbocycles. The Labute approximate surface area is 84.7 Å². The van der Waals surface area contributed by atoms with E-state index in [0.29, 0.717) is 6.04 Å². The fraction of sp³-hybridized carbons (Fsp3) is 0.583. The van der Waals surface area contributed by atoms with Crippen LogP contribution in [0.5, 0.6) is 0 Å². The molecule has 2 nitrogen and oxygen atoms in total. The van der Waals surface area contributed by atoms with Gasteiger partial charge < -0.3 is 5.32 Å². The first-order valence-electron chi connectivity index (χ1n) is 5.64. The maximum atomic E-state index is 4.36. The Morgan fingerprint density at radius 2 is 2.21 bits per heavy atom. The molecule has 1 atom stereocenters. The van der Waals surface area contributed by atoms with Crippen LogP contribution in [-0.4, -0.2) is 11.5 Å². The zero-order valence-corrected chi connectivity index (χ0v) is 8.42. The molecule has 2 heteroatoms. The fourth-order valence-electron chi connectivity index (χ4n) is 2.78. The molecule has 1 aliphatic carbocycles. The minimum atomic E-state index is 0.593. The van der Waals surface area contributed by atoms with Gasteiger partial charge in [-0.1, -0.05) is 0 Å². The summed E-state index contributed by atoms with van der Waals surface area (Å²) >= 11 is 0. The predicted molar refractivity (Wildman–Crippen MR) is 56.2 cm³/mol. The second-order valence-corrected chi connectivity index (χ2v) is 4.37. The van der Waals surface area contributed by atoms with Crippen LogP contribution in [-0.2, 0) is 12.8 Å². The Balaban J connectivity index is 2.00. The number of hydrogen-bond acceptors (Lipinski definition) is 2. The first-order valence-corrected chi connectivity index (χ1v) is 5.64. The first-order chi connectivity index (χ1) is 6.95. The molecule has 0 spiro atoms. The minimum absolute atomic E-state index is 0.593. The summed E-state index contributed by atoms with van der Waals surface area (Å²) < 4.78 is 0. The van der Waals surface area contributed by atoms with Crippen LogP contribution in [0.25, 0.3) is 0 Å². The minimum Gasteiger partial charge on any atom is -0.310 e. The smallest absolute Gasteiger partial charge is 0.0338 e. The van der Waals surface area contributed by atoms with Crippen molar-refractivity contribution in [3.63, 3.8) is 0 Å². The lowest BCUT2D eigenvalue weighted by atomic mass is 9.99. The van der Waals surface area contributed by atoms with E-state index in [9.17, 15) is 0 Å². The molecular formula is C12H16N2. The highest BCUT2D eigenvalue weighted by atomic mass is 14.9. The summed E-state index contributed by atoms with van der Waals surface area (Å²) in [6, 6.07) is 0.593. The number of pyridine rings is 1. The molecular weight excluding hydrogens is 172 g/mol. The molecule has 0 bridgehead atoms. The Bertz CT molecular complexity index is 340. The monoisotopic (exact) mass is 188 g/mol. The van der Waals surface area contributed by atoms with E-state index in [-0.39, 0.29) is 0 Å². The van der Waals surface area contributed by atoms with Crippen molar-refractivity contribution in [3.8, 4) is 0 Å². The maximum absolute atomic E-state index is 4.36. The highest BCUT2D eigenvalue weighted by molar-refractivity contribution is 5.37. The van der Waals surface area contributed by atoms with Crippen molar-refractivity contribution in [3.05, 3.63) is 29.1 Å². The average Bonchev–Trinajstić information content (AvgIpc) is 2.88. The second kappa shape index (κ2) is 3.35. The van der Waals surface area contributed by atoms with Gasteiger partial charge in [-0.05, 0) is 55.3 Å². The van der Waals surface area contributed by atoms with Crippen LogP contribution in [0.4, 0.5) is 0 Å². The van der Waals surface area contributed by atoms with Crippen molar-refractivity contribution in [1.82, 2.24) is 10.3 Å². The molecule has 14 heavy (non-hydrogen) atoms. The van der Waals surface area contributed by atoms with Crippen LogP contribution in [0.15, 0.2) is 12.4 Å². The fourth-order valence-corrected chi connectivity index (χ4v) is 2.78. The van der Waals surface area contributed by atoms with Gasteiger partial charge in [0.2, 0.25) is 0 Å². The summed E-state index contributed by atoms with van der Waals surface area (Å²) in [5, 5.41) is 3.56. The van der Waals surface area contributed by atoms with Crippen LogP contribution in [0.1, 0.15) is 42.0 Å². The number of nitrogens with zero attached hydrogens (tertiary/aromatic N) is 1. The number of nitrogens with one attached hydrogen (secondary N) is 1. The van der Waals surface area contributed by atoms with Crippen LogP contribution < -0.4 is 5.32 Å². The zero-order valence-electron chi connectivity index (χ0n) is 8.42. The average molecular weight is 188 g/mol. The molecule has 1 aromatic rings. The largest absolute Gasteiger partial charge is 0.310 e. The van der Waals surface area contributed by atoms with E-state index in [1.807, 2.05) is 0 Å². The Kier molecular flexibility index (Phi) is 2.02. The van der Waals surface area contributed by atoms with E-state index in [4.69, 9.17) is 0 Å². The van der Waals surface area contributed by atoms with Gasteiger partial charge >= 0.3 is 0 Å². The van der Waals surface area contributed by atoms with Gasteiger partial charge in [0, 0.05) is 18.4 Å². The molecule has 3 rings (SSSR count). The normalized spacial score (nSPS) is 25.3. The lowest BCUT2D eigenvalue weighted by molar-refractivity contribution is 0.638. The number of hydrogen-bond donors (Lipinski definition) is 1. The maximum Gasteiger partial charge on any atom is 0.0338 e. The molecule has 1 saturated heterocycles.